The van der Waals surface area contributed by atoms with Crippen LogP contribution in [-0.2, 0) is 9.68 Å². The van der Waals surface area contributed by atoms with Gasteiger partial charge in [-0.1, -0.05) is 58.8 Å². The average Bonchev–Trinajstić information content (AvgIpc) is 4.01. The van der Waals surface area contributed by atoms with E-state index in [1.165, 1.54) is 48.5 Å². The Kier molecular flexibility index (Phi) is 10.6. The number of nitrogens with zero attached hydrogens (tertiary/aromatic N) is 8. The maximum absolute atomic E-state index is 12.2. The first-order valence-corrected chi connectivity index (χ1v) is 16.1. The number of halogens is 6. The van der Waals surface area contributed by atoms with Crippen molar-refractivity contribution in [2.45, 2.75) is 37.8 Å². The summed E-state index contributed by atoms with van der Waals surface area (Å²) < 4.78 is 92.5. The van der Waals surface area contributed by atoms with Crippen molar-refractivity contribution in [3.63, 3.8) is 0 Å². The van der Waals surface area contributed by atoms with Gasteiger partial charge in [-0.3, -0.25) is 0 Å². The van der Waals surface area contributed by atoms with Crippen molar-refractivity contribution in [2.75, 3.05) is 0 Å². The van der Waals surface area contributed by atoms with Gasteiger partial charge in [0, 0.05) is 11.1 Å². The van der Waals surface area contributed by atoms with Crippen molar-refractivity contribution in [2.24, 2.45) is 10.3 Å². The fourth-order valence-corrected chi connectivity index (χ4v) is 5.20. The number of alkyl halides is 6. The lowest BCUT2D eigenvalue weighted by Gasteiger charge is -2.11. The van der Waals surface area contributed by atoms with E-state index < -0.39 is 24.9 Å². The smallest absolute Gasteiger partial charge is 0.440 e. The first-order valence-electron chi connectivity index (χ1n) is 16.1. The molecule has 0 saturated heterocycles. The van der Waals surface area contributed by atoms with Crippen LogP contribution in [0.4, 0.5) is 26.3 Å². The van der Waals surface area contributed by atoms with Crippen molar-refractivity contribution < 1.29 is 55.0 Å². The minimum Gasteiger partial charge on any atom is -0.440 e. The van der Waals surface area contributed by atoms with Crippen molar-refractivity contribution in [3.8, 4) is 45.8 Å². The van der Waals surface area contributed by atoms with Gasteiger partial charge in [-0.2, -0.15) is 10.4 Å². The molecule has 0 radical (unpaired) electrons. The second kappa shape index (κ2) is 16.0. The number of tetrazole rings is 2. The zero-order valence-corrected chi connectivity index (χ0v) is 28.1. The van der Waals surface area contributed by atoms with E-state index in [1.807, 2.05) is 0 Å². The lowest BCUT2D eigenvalue weighted by atomic mass is 10.1. The molecule has 56 heavy (non-hydrogen) atoms. The molecule has 6 aromatic rings. The Balaban J connectivity index is 0.000000172. The molecule has 22 heteroatoms. The fraction of sp³-hybridized carbons (Fsp3) is 0.176. The molecule has 2 aliphatic heterocycles. The predicted octanol–water partition coefficient (Wildman–Crippen LogP) is 7.24. The van der Waals surface area contributed by atoms with E-state index in [4.69, 9.17) is 19.1 Å². The van der Waals surface area contributed by atoms with E-state index in [9.17, 15) is 26.3 Å². The average molecular weight is 783 g/mol. The van der Waals surface area contributed by atoms with Crippen LogP contribution in [0.2, 0.25) is 0 Å². The second-order valence-electron chi connectivity index (χ2n) is 11.5. The van der Waals surface area contributed by atoms with Gasteiger partial charge in [0.15, 0.2) is 12.2 Å². The zero-order chi connectivity index (χ0) is 39.1. The van der Waals surface area contributed by atoms with Gasteiger partial charge in [-0.15, -0.1) is 46.7 Å². The van der Waals surface area contributed by atoms with Crippen molar-refractivity contribution >= 4 is 11.8 Å². The molecule has 16 nitrogen and oxygen atoms in total. The highest BCUT2D eigenvalue weighted by molar-refractivity contribution is 5.81. The number of hydrogen-bond acceptors (Lipinski definition) is 14. The summed E-state index contributed by atoms with van der Waals surface area (Å²) in [4.78, 5) is 10.7. The molecular formula is C34H24F6N10O6. The molecule has 0 bridgehead atoms. The van der Waals surface area contributed by atoms with Crippen LogP contribution >= 0.6 is 0 Å². The van der Waals surface area contributed by atoms with Crippen LogP contribution in [0.15, 0.2) is 107 Å². The molecule has 0 aliphatic carbocycles. The molecule has 288 valence electrons. The number of benzene rings is 4. The van der Waals surface area contributed by atoms with Gasteiger partial charge in [-0.05, 0) is 70.1 Å². The molecule has 2 N–H and O–H groups in total. The monoisotopic (exact) mass is 782 g/mol. The molecule has 2 aromatic heterocycles. The first-order chi connectivity index (χ1) is 26.9. The summed E-state index contributed by atoms with van der Waals surface area (Å²) in [5.74, 6) is 1.95. The summed E-state index contributed by atoms with van der Waals surface area (Å²) in [5, 5.41) is 35.2. The van der Waals surface area contributed by atoms with Crippen LogP contribution < -0.4 is 18.9 Å². The van der Waals surface area contributed by atoms with Crippen molar-refractivity contribution in [3.05, 3.63) is 108 Å². The lowest BCUT2D eigenvalue weighted by molar-refractivity contribution is -0.275. The van der Waals surface area contributed by atoms with Crippen molar-refractivity contribution in [1.29, 1.82) is 0 Å². The fourth-order valence-electron chi connectivity index (χ4n) is 5.20. The first kappa shape index (κ1) is 37.1. The molecule has 0 amide bonds. The van der Waals surface area contributed by atoms with Gasteiger partial charge in [0.2, 0.25) is 23.4 Å². The third-order valence-corrected chi connectivity index (χ3v) is 7.60. The molecule has 4 aromatic carbocycles. The maximum atomic E-state index is 12.2. The number of H-pyrrole nitrogens is 2. The topological polar surface area (TPSA) is 189 Å². The molecule has 2 aliphatic rings. The SMILES string of the molecule is FC(F)(F)Oc1ccc([C@@H]2CC(Oc3cccc(-c4nn[nH]n4)c3)=NO2)cc1.FC(F)(F)Oc1ccc([C@H]2CC(Oc3cccc(-c4nn[nH]n4)c3)=NO2)cc1. The third kappa shape index (κ3) is 10.0. The molecule has 4 heterocycles. The number of ether oxygens (including phenoxy) is 4. The Morgan fingerprint density at radius 3 is 1.30 bits per heavy atom. The van der Waals surface area contributed by atoms with E-state index in [-0.39, 0.29) is 11.5 Å². The van der Waals surface area contributed by atoms with Gasteiger partial charge in [0.1, 0.15) is 23.0 Å². The summed E-state index contributed by atoms with van der Waals surface area (Å²) in [6.45, 7) is 0. The van der Waals surface area contributed by atoms with Gasteiger partial charge in [0.25, 0.3) is 0 Å². The quantitative estimate of drug-likeness (QED) is 0.148. The Labute approximate surface area is 310 Å². The van der Waals surface area contributed by atoms with Crippen LogP contribution in [0.5, 0.6) is 23.0 Å². The summed E-state index contributed by atoms with van der Waals surface area (Å²) in [7, 11) is 0. The van der Waals surface area contributed by atoms with Crippen LogP contribution in [0.1, 0.15) is 36.2 Å². The van der Waals surface area contributed by atoms with E-state index in [1.54, 1.807) is 48.5 Å². The van der Waals surface area contributed by atoms with Gasteiger partial charge < -0.3 is 28.6 Å². The summed E-state index contributed by atoms with van der Waals surface area (Å²) in [6.07, 6.45) is -9.74. The zero-order valence-electron chi connectivity index (χ0n) is 28.1. The number of oxime groups is 2. The number of aromatic nitrogens is 8. The van der Waals surface area contributed by atoms with Crippen molar-refractivity contribution in [1.82, 2.24) is 41.2 Å². The van der Waals surface area contributed by atoms with Gasteiger partial charge in [0.05, 0.1) is 12.8 Å². The standard InChI is InChI=1S/2C17H12F3N5O3/c2*18-17(19,20)27-12-6-4-10(5-7-12)14-9-15(23-28-14)26-13-3-1-2-11(8-13)16-21-24-25-22-16/h2*1-8,14H,9H2,(H,21,22,24,25)/t2*14-/m10/s1. The summed E-state index contributed by atoms with van der Waals surface area (Å²) in [5.41, 5.74) is 2.72. The van der Waals surface area contributed by atoms with E-state index in [0.717, 1.165) is 0 Å². The summed E-state index contributed by atoms with van der Waals surface area (Å²) in [6, 6.07) is 24.9. The Morgan fingerprint density at radius 1 is 0.536 bits per heavy atom. The normalized spacial score (nSPS) is 16.4. The van der Waals surface area contributed by atoms with Crippen LogP contribution in [0.3, 0.4) is 0 Å². The third-order valence-electron chi connectivity index (χ3n) is 7.60. The molecule has 2 atom stereocenters. The minimum atomic E-state index is -4.73. The number of nitrogens with one attached hydrogen (secondary N) is 2. The van der Waals surface area contributed by atoms with Gasteiger partial charge in [-0.25, -0.2) is 0 Å². The minimum absolute atomic E-state index is 0.301. The predicted molar refractivity (Wildman–Crippen MR) is 178 cm³/mol. The second-order valence-corrected chi connectivity index (χ2v) is 11.5. The van der Waals surface area contributed by atoms with Gasteiger partial charge >= 0.3 is 12.7 Å². The molecule has 0 unspecified atom stereocenters. The van der Waals surface area contributed by atoms with E-state index in [2.05, 4.69) is 61.0 Å². The largest absolute Gasteiger partial charge is 0.573 e. The number of aromatic amines is 2. The number of hydrogen-bond donors (Lipinski definition) is 2. The van der Waals surface area contributed by atoms with Crippen LogP contribution in [-0.4, -0.2) is 65.8 Å². The van der Waals surface area contributed by atoms with E-state index in [0.29, 0.717) is 70.0 Å². The molecule has 0 spiro atoms. The maximum Gasteiger partial charge on any atom is 0.573 e. The Bertz CT molecular complexity index is 2110. The highest BCUT2D eigenvalue weighted by atomic mass is 19.4. The number of rotatable bonds is 8. The molecule has 8 rings (SSSR count). The Hall–Kier alpha value is -7.26. The summed E-state index contributed by atoms with van der Waals surface area (Å²) >= 11 is 0. The van der Waals surface area contributed by atoms with E-state index >= 15 is 0 Å². The highest BCUT2D eigenvalue weighted by Crippen LogP contribution is 2.33. The Morgan fingerprint density at radius 2 is 0.946 bits per heavy atom. The molecular weight excluding hydrogens is 758 g/mol. The lowest BCUT2D eigenvalue weighted by Crippen LogP contribution is -2.17. The highest BCUT2D eigenvalue weighted by Gasteiger charge is 2.33. The molecule has 0 saturated carbocycles. The van der Waals surface area contributed by atoms with Crippen LogP contribution in [0, 0.1) is 0 Å². The molecule has 0 fully saturated rings. The van der Waals surface area contributed by atoms with Crippen LogP contribution in [0.25, 0.3) is 22.8 Å².